The number of nitrogens with zero attached hydrogens (tertiary/aromatic N) is 1. The Balaban J connectivity index is 2.69. The molecule has 0 spiro atoms. The smallest absolute Gasteiger partial charge is 0.224 e. The van der Waals surface area contributed by atoms with E-state index in [-0.39, 0.29) is 11.7 Å². The summed E-state index contributed by atoms with van der Waals surface area (Å²) in [4.78, 5) is 25.3. The van der Waals surface area contributed by atoms with Crippen molar-refractivity contribution in [3.63, 3.8) is 0 Å². The van der Waals surface area contributed by atoms with Crippen molar-refractivity contribution in [1.82, 2.24) is 0 Å². The van der Waals surface area contributed by atoms with E-state index in [9.17, 15) is 9.59 Å². The second-order valence-electron chi connectivity index (χ2n) is 4.40. The van der Waals surface area contributed by atoms with Gasteiger partial charge in [0.25, 0.3) is 0 Å². The van der Waals surface area contributed by atoms with Crippen LogP contribution in [0.4, 0.5) is 5.69 Å². The quantitative estimate of drug-likeness (QED) is 0.733. The largest absolute Gasteiger partial charge is 0.299 e. The molecule has 0 bridgehead atoms. The fourth-order valence-electron chi connectivity index (χ4n) is 2.18. The minimum Gasteiger partial charge on any atom is -0.299 e. The number of ketones is 1. The molecular formula is C12H12BrNO2. The Morgan fingerprint density at radius 3 is 2.56 bits per heavy atom. The molecule has 1 aromatic carbocycles. The number of hydrogen-bond acceptors (Lipinski definition) is 2. The molecule has 1 amide bonds. The second kappa shape index (κ2) is 3.42. The molecule has 0 unspecified atom stereocenters. The predicted octanol–water partition coefficient (Wildman–Crippen LogP) is 2.78. The zero-order valence-electron chi connectivity index (χ0n) is 9.37. The minimum atomic E-state index is -0.783. The molecule has 16 heavy (non-hydrogen) atoms. The van der Waals surface area contributed by atoms with Crippen LogP contribution >= 0.6 is 15.9 Å². The van der Waals surface area contributed by atoms with Crippen molar-refractivity contribution >= 4 is 33.3 Å². The number of Topliss-reactive ketones (excluding diaryl/α,β-unsaturated/α-hetero) is 1. The summed E-state index contributed by atoms with van der Waals surface area (Å²) in [6.07, 6.45) is 0. The van der Waals surface area contributed by atoms with Gasteiger partial charge in [0.1, 0.15) is 5.54 Å². The van der Waals surface area contributed by atoms with Crippen LogP contribution in [0.5, 0.6) is 0 Å². The lowest BCUT2D eigenvalue weighted by atomic mass is 9.97. The molecule has 0 N–H and O–H groups in total. The van der Waals surface area contributed by atoms with Gasteiger partial charge in [0.05, 0.1) is 5.69 Å². The fraction of sp³-hybridized carbons (Fsp3) is 0.333. The Hall–Kier alpha value is -1.16. The Labute approximate surface area is 103 Å². The number of anilines is 1. The van der Waals surface area contributed by atoms with Gasteiger partial charge in [0, 0.05) is 17.0 Å². The molecule has 0 saturated carbocycles. The van der Waals surface area contributed by atoms with Crippen molar-refractivity contribution < 1.29 is 9.59 Å². The molecule has 0 fully saturated rings. The van der Waals surface area contributed by atoms with E-state index in [4.69, 9.17) is 0 Å². The molecule has 3 nitrogen and oxygen atoms in total. The van der Waals surface area contributed by atoms with Gasteiger partial charge in [0.15, 0.2) is 5.78 Å². The maximum atomic E-state index is 12.1. The SMILES string of the molecule is CC(=O)N1c2cc(Br)ccc2C(=O)C1(C)C. The predicted molar refractivity (Wildman–Crippen MR) is 65.7 cm³/mol. The van der Waals surface area contributed by atoms with Crippen molar-refractivity contribution in [3.8, 4) is 0 Å². The minimum absolute atomic E-state index is 0.00907. The number of benzene rings is 1. The first-order valence-corrected chi connectivity index (χ1v) is 5.80. The molecule has 0 saturated heterocycles. The summed E-state index contributed by atoms with van der Waals surface area (Å²) in [5.74, 6) is -0.125. The highest BCUT2D eigenvalue weighted by Crippen LogP contribution is 2.39. The van der Waals surface area contributed by atoms with Crippen LogP contribution < -0.4 is 4.90 Å². The second-order valence-corrected chi connectivity index (χ2v) is 5.32. The Morgan fingerprint density at radius 1 is 1.38 bits per heavy atom. The molecule has 1 aromatic rings. The number of rotatable bonds is 0. The van der Waals surface area contributed by atoms with Gasteiger partial charge in [-0.1, -0.05) is 15.9 Å². The van der Waals surface area contributed by atoms with Gasteiger partial charge < -0.3 is 0 Å². The number of fused-ring (bicyclic) bond motifs is 1. The Kier molecular flexibility index (Phi) is 2.42. The number of amides is 1. The van der Waals surface area contributed by atoms with E-state index in [1.54, 1.807) is 24.8 Å². The summed E-state index contributed by atoms with van der Waals surface area (Å²) in [5.41, 5.74) is 0.523. The summed E-state index contributed by atoms with van der Waals surface area (Å²) >= 11 is 3.35. The zero-order chi connectivity index (χ0) is 12.1. The highest BCUT2D eigenvalue weighted by molar-refractivity contribution is 9.10. The van der Waals surface area contributed by atoms with Gasteiger partial charge in [-0.15, -0.1) is 0 Å². The Bertz CT molecular complexity index is 494. The number of hydrogen-bond donors (Lipinski definition) is 0. The van der Waals surface area contributed by atoms with Crippen LogP contribution in [0.3, 0.4) is 0 Å². The summed E-state index contributed by atoms with van der Waals surface area (Å²) in [6.45, 7) is 5.01. The van der Waals surface area contributed by atoms with Gasteiger partial charge in [-0.05, 0) is 32.0 Å². The van der Waals surface area contributed by atoms with Gasteiger partial charge in [-0.25, -0.2) is 0 Å². The van der Waals surface area contributed by atoms with E-state index in [1.165, 1.54) is 6.92 Å². The average Bonchev–Trinajstić information content (AvgIpc) is 2.34. The van der Waals surface area contributed by atoms with Gasteiger partial charge in [-0.3, -0.25) is 14.5 Å². The molecule has 84 valence electrons. The third-order valence-electron chi connectivity index (χ3n) is 2.87. The molecule has 1 aliphatic heterocycles. The Morgan fingerprint density at radius 2 is 2.00 bits per heavy atom. The number of halogens is 1. The van der Waals surface area contributed by atoms with E-state index in [0.29, 0.717) is 11.3 Å². The van der Waals surface area contributed by atoms with Crippen molar-refractivity contribution in [2.24, 2.45) is 0 Å². The van der Waals surface area contributed by atoms with Crippen LogP contribution in [0, 0.1) is 0 Å². The molecule has 0 radical (unpaired) electrons. The van der Waals surface area contributed by atoms with E-state index >= 15 is 0 Å². The van der Waals surface area contributed by atoms with Crippen LogP contribution in [0.25, 0.3) is 0 Å². The summed E-state index contributed by atoms with van der Waals surface area (Å²) in [6, 6.07) is 5.38. The lowest BCUT2D eigenvalue weighted by Gasteiger charge is -2.29. The third kappa shape index (κ3) is 1.40. The average molecular weight is 282 g/mol. The first kappa shape index (κ1) is 11.3. The van der Waals surface area contributed by atoms with Crippen LogP contribution in [0.15, 0.2) is 22.7 Å². The van der Waals surface area contributed by atoms with Gasteiger partial charge in [-0.2, -0.15) is 0 Å². The molecule has 1 heterocycles. The highest BCUT2D eigenvalue weighted by Gasteiger charge is 2.45. The molecule has 4 heteroatoms. The standard InChI is InChI=1S/C12H12BrNO2/c1-7(15)14-10-6-8(13)4-5-9(10)11(16)12(14,2)3/h4-6H,1-3H3. The van der Waals surface area contributed by atoms with E-state index in [2.05, 4.69) is 15.9 Å². The van der Waals surface area contributed by atoms with Crippen molar-refractivity contribution in [1.29, 1.82) is 0 Å². The molecule has 1 aliphatic rings. The number of carbonyl (C=O) groups excluding carboxylic acids is 2. The lowest BCUT2D eigenvalue weighted by Crippen LogP contribution is -2.47. The maximum absolute atomic E-state index is 12.1. The highest BCUT2D eigenvalue weighted by atomic mass is 79.9. The molecule has 0 aliphatic carbocycles. The fourth-order valence-corrected chi connectivity index (χ4v) is 2.53. The molecule has 2 rings (SSSR count). The number of carbonyl (C=O) groups is 2. The third-order valence-corrected chi connectivity index (χ3v) is 3.37. The summed E-state index contributed by atoms with van der Waals surface area (Å²) in [7, 11) is 0. The monoisotopic (exact) mass is 281 g/mol. The molecule has 0 atom stereocenters. The van der Waals surface area contributed by atoms with Gasteiger partial charge in [0.2, 0.25) is 5.91 Å². The van der Waals surface area contributed by atoms with Crippen LogP contribution in [0.2, 0.25) is 0 Å². The summed E-state index contributed by atoms with van der Waals surface area (Å²) in [5, 5.41) is 0. The maximum Gasteiger partial charge on any atom is 0.224 e. The first-order chi connectivity index (χ1) is 7.35. The van der Waals surface area contributed by atoms with Crippen LogP contribution in [-0.4, -0.2) is 17.2 Å². The lowest BCUT2D eigenvalue weighted by molar-refractivity contribution is -0.117. The van der Waals surface area contributed by atoms with Crippen LogP contribution in [-0.2, 0) is 4.79 Å². The first-order valence-electron chi connectivity index (χ1n) is 5.01. The van der Waals surface area contributed by atoms with Crippen molar-refractivity contribution in [2.45, 2.75) is 26.3 Å². The van der Waals surface area contributed by atoms with Crippen molar-refractivity contribution in [2.75, 3.05) is 4.90 Å². The van der Waals surface area contributed by atoms with E-state index in [1.807, 2.05) is 12.1 Å². The topological polar surface area (TPSA) is 37.4 Å². The zero-order valence-corrected chi connectivity index (χ0v) is 11.0. The van der Waals surface area contributed by atoms with Gasteiger partial charge >= 0.3 is 0 Å². The van der Waals surface area contributed by atoms with Crippen LogP contribution in [0.1, 0.15) is 31.1 Å². The summed E-state index contributed by atoms with van der Waals surface area (Å²) < 4.78 is 0.864. The van der Waals surface area contributed by atoms with Crippen molar-refractivity contribution in [3.05, 3.63) is 28.2 Å². The van der Waals surface area contributed by atoms with E-state index < -0.39 is 5.54 Å². The van der Waals surface area contributed by atoms with E-state index in [0.717, 1.165) is 4.47 Å². The normalized spacial score (nSPS) is 17.5. The molecular weight excluding hydrogens is 270 g/mol. The molecule has 0 aromatic heterocycles.